The number of hydrogen-bond donors (Lipinski definition) is 1. The Morgan fingerprint density at radius 2 is 1.84 bits per heavy atom. The van der Waals surface area contributed by atoms with Gasteiger partial charge in [0.1, 0.15) is 0 Å². The molecule has 0 atom stereocenters. The van der Waals surface area contributed by atoms with Gasteiger partial charge in [0.25, 0.3) is 0 Å². The Morgan fingerprint density at radius 3 is 2.64 bits per heavy atom. The summed E-state index contributed by atoms with van der Waals surface area (Å²) < 4.78 is 0. The number of benzene rings is 2. The molecule has 0 spiro atoms. The average Bonchev–Trinajstić information content (AvgIpc) is 3.05. The van der Waals surface area contributed by atoms with Gasteiger partial charge < -0.3 is 9.88 Å². The minimum absolute atomic E-state index is 0. The molecule has 4 rings (SSSR count). The van der Waals surface area contributed by atoms with Crippen LogP contribution in [0.2, 0.25) is 0 Å². The molecule has 1 aliphatic rings. The zero-order valence-electron chi connectivity index (χ0n) is 14.9. The molecule has 0 unspecified atom stereocenters. The fraction of sp³-hybridized carbons (Fsp3) is 0.364. The van der Waals surface area contributed by atoms with E-state index < -0.39 is 0 Å². The number of hydrogen-bond acceptors (Lipinski definition) is 1. The standard InChI is InChI=1S/C22H26N2.ClH/c1-17-5-4-6-18(15-17)9-12-24-13-10-19(11-14-24)21-16-23-22-8-3-2-7-20(21)22;/h2-8,15-16,19,23H,9-14H2,1H3;1H. The molecule has 0 saturated carbocycles. The maximum Gasteiger partial charge on any atom is 0.0456 e. The van der Waals surface area contributed by atoms with Crippen LogP contribution in [0, 0.1) is 6.92 Å². The zero-order valence-corrected chi connectivity index (χ0v) is 15.7. The normalized spacial score (nSPS) is 16.0. The molecule has 2 heterocycles. The summed E-state index contributed by atoms with van der Waals surface area (Å²) in [7, 11) is 0. The van der Waals surface area contributed by atoms with Gasteiger partial charge in [0.2, 0.25) is 0 Å². The van der Waals surface area contributed by atoms with Crippen molar-refractivity contribution in [1.29, 1.82) is 0 Å². The molecule has 1 aliphatic heterocycles. The molecule has 25 heavy (non-hydrogen) atoms. The van der Waals surface area contributed by atoms with Crippen molar-refractivity contribution >= 4 is 23.3 Å². The summed E-state index contributed by atoms with van der Waals surface area (Å²) in [6, 6.07) is 17.6. The highest BCUT2D eigenvalue weighted by molar-refractivity contribution is 5.85. The first kappa shape index (κ1) is 18.0. The second-order valence-corrected chi connectivity index (χ2v) is 7.14. The van der Waals surface area contributed by atoms with E-state index in [0.717, 1.165) is 0 Å². The van der Waals surface area contributed by atoms with Crippen molar-refractivity contribution in [2.45, 2.75) is 32.1 Å². The second kappa shape index (κ2) is 8.07. The number of para-hydroxylation sites is 1. The van der Waals surface area contributed by atoms with Gasteiger partial charge in [-0.3, -0.25) is 0 Å². The van der Waals surface area contributed by atoms with Crippen LogP contribution >= 0.6 is 12.4 Å². The zero-order chi connectivity index (χ0) is 16.4. The Morgan fingerprint density at radius 1 is 1.04 bits per heavy atom. The number of aromatic amines is 1. The van der Waals surface area contributed by atoms with Gasteiger partial charge in [-0.2, -0.15) is 0 Å². The fourth-order valence-electron chi connectivity index (χ4n) is 4.05. The Labute approximate surface area is 156 Å². The predicted octanol–water partition coefficient (Wildman–Crippen LogP) is 5.32. The Kier molecular flexibility index (Phi) is 5.82. The molecular weight excluding hydrogens is 328 g/mol. The number of halogens is 1. The van der Waals surface area contributed by atoms with E-state index in [1.54, 1.807) is 0 Å². The lowest BCUT2D eigenvalue weighted by molar-refractivity contribution is 0.215. The number of fused-ring (bicyclic) bond motifs is 1. The lowest BCUT2D eigenvalue weighted by atomic mass is 9.89. The fourth-order valence-corrected chi connectivity index (χ4v) is 4.05. The molecule has 2 aromatic carbocycles. The van der Waals surface area contributed by atoms with E-state index in [1.807, 2.05) is 0 Å². The van der Waals surface area contributed by atoms with E-state index in [-0.39, 0.29) is 12.4 Å². The van der Waals surface area contributed by atoms with Crippen molar-refractivity contribution in [2.75, 3.05) is 19.6 Å². The van der Waals surface area contributed by atoms with Crippen molar-refractivity contribution in [3.8, 4) is 0 Å². The third-order valence-electron chi connectivity index (χ3n) is 5.45. The molecule has 0 bridgehead atoms. The number of aryl methyl sites for hydroxylation is 1. The van der Waals surface area contributed by atoms with Gasteiger partial charge >= 0.3 is 0 Å². The molecule has 0 aliphatic carbocycles. The first-order valence-electron chi connectivity index (χ1n) is 9.13. The molecule has 1 saturated heterocycles. The van der Waals surface area contributed by atoms with Gasteiger partial charge in [0.05, 0.1) is 0 Å². The maximum absolute atomic E-state index is 3.43. The SMILES string of the molecule is Cc1cccc(CCN2CCC(c3c[nH]c4ccccc34)CC2)c1.Cl. The van der Waals surface area contributed by atoms with E-state index in [0.29, 0.717) is 5.92 Å². The maximum atomic E-state index is 3.43. The number of nitrogens with zero attached hydrogens (tertiary/aromatic N) is 1. The summed E-state index contributed by atoms with van der Waals surface area (Å²) in [5.74, 6) is 0.705. The third-order valence-corrected chi connectivity index (χ3v) is 5.45. The Bertz CT molecular complexity index is 816. The second-order valence-electron chi connectivity index (χ2n) is 7.14. The summed E-state index contributed by atoms with van der Waals surface area (Å²) in [6.45, 7) is 5.80. The third kappa shape index (κ3) is 4.08. The van der Waals surface area contributed by atoms with E-state index >= 15 is 0 Å². The predicted molar refractivity (Wildman–Crippen MR) is 109 cm³/mol. The molecule has 1 aromatic heterocycles. The highest BCUT2D eigenvalue weighted by atomic mass is 35.5. The highest BCUT2D eigenvalue weighted by Crippen LogP contribution is 2.33. The van der Waals surface area contributed by atoms with Crippen LogP contribution in [0.1, 0.15) is 35.4 Å². The van der Waals surface area contributed by atoms with E-state index in [9.17, 15) is 0 Å². The van der Waals surface area contributed by atoms with E-state index in [4.69, 9.17) is 0 Å². The number of rotatable bonds is 4. The van der Waals surface area contributed by atoms with Crippen molar-refractivity contribution in [3.63, 3.8) is 0 Å². The number of likely N-dealkylation sites (tertiary alicyclic amines) is 1. The number of H-pyrrole nitrogens is 1. The smallest absolute Gasteiger partial charge is 0.0456 e. The summed E-state index contributed by atoms with van der Waals surface area (Å²) >= 11 is 0. The van der Waals surface area contributed by atoms with Gasteiger partial charge in [-0.25, -0.2) is 0 Å². The van der Waals surface area contributed by atoms with Crippen LogP contribution in [-0.4, -0.2) is 29.5 Å². The van der Waals surface area contributed by atoms with Crippen LogP contribution in [-0.2, 0) is 6.42 Å². The topological polar surface area (TPSA) is 19.0 Å². The average molecular weight is 355 g/mol. The van der Waals surface area contributed by atoms with Gasteiger partial charge in [-0.1, -0.05) is 48.0 Å². The lowest BCUT2D eigenvalue weighted by Crippen LogP contribution is -2.34. The molecule has 1 fully saturated rings. The number of aromatic nitrogens is 1. The van der Waals surface area contributed by atoms with Gasteiger partial charge in [0, 0.05) is 23.6 Å². The van der Waals surface area contributed by atoms with Crippen LogP contribution in [0.15, 0.2) is 54.7 Å². The molecule has 2 nitrogen and oxygen atoms in total. The van der Waals surface area contributed by atoms with Crippen LogP contribution in [0.4, 0.5) is 0 Å². The van der Waals surface area contributed by atoms with Crippen LogP contribution in [0.25, 0.3) is 10.9 Å². The largest absolute Gasteiger partial charge is 0.361 e. The molecular formula is C22H27ClN2. The van der Waals surface area contributed by atoms with E-state index in [2.05, 4.69) is 71.5 Å². The first-order chi connectivity index (χ1) is 11.8. The summed E-state index contributed by atoms with van der Waals surface area (Å²) in [6.07, 6.45) is 5.95. The van der Waals surface area contributed by atoms with Gasteiger partial charge in [-0.05, 0) is 62.4 Å². The number of piperidine rings is 1. The monoisotopic (exact) mass is 354 g/mol. The van der Waals surface area contributed by atoms with Crippen LogP contribution in [0.5, 0.6) is 0 Å². The highest BCUT2D eigenvalue weighted by Gasteiger charge is 2.22. The van der Waals surface area contributed by atoms with Gasteiger partial charge in [-0.15, -0.1) is 12.4 Å². The Hall–Kier alpha value is -1.77. The minimum atomic E-state index is 0. The summed E-state index contributed by atoms with van der Waals surface area (Å²) in [5, 5.41) is 1.41. The van der Waals surface area contributed by atoms with Crippen molar-refractivity contribution in [1.82, 2.24) is 9.88 Å². The molecule has 0 radical (unpaired) electrons. The molecule has 0 amide bonds. The van der Waals surface area contributed by atoms with Crippen LogP contribution < -0.4 is 0 Å². The minimum Gasteiger partial charge on any atom is -0.361 e. The van der Waals surface area contributed by atoms with E-state index in [1.165, 1.54) is 66.5 Å². The Balaban J connectivity index is 0.00000182. The van der Waals surface area contributed by atoms with Crippen molar-refractivity contribution in [2.24, 2.45) is 0 Å². The lowest BCUT2D eigenvalue weighted by Gasteiger charge is -2.32. The molecule has 1 N–H and O–H groups in total. The summed E-state index contributed by atoms with van der Waals surface area (Å²) in [5.41, 5.74) is 5.62. The molecule has 3 heteroatoms. The van der Waals surface area contributed by atoms with Crippen molar-refractivity contribution < 1.29 is 0 Å². The van der Waals surface area contributed by atoms with Gasteiger partial charge in [0.15, 0.2) is 0 Å². The quantitative estimate of drug-likeness (QED) is 0.671. The van der Waals surface area contributed by atoms with Crippen LogP contribution in [0.3, 0.4) is 0 Å². The van der Waals surface area contributed by atoms with Crippen molar-refractivity contribution in [3.05, 3.63) is 71.4 Å². The molecule has 132 valence electrons. The number of nitrogens with one attached hydrogen (secondary N) is 1. The first-order valence-corrected chi connectivity index (χ1v) is 9.13. The summed E-state index contributed by atoms with van der Waals surface area (Å²) in [4.78, 5) is 6.07. The molecule has 3 aromatic rings.